The first-order valence-corrected chi connectivity index (χ1v) is 6.92. The van der Waals surface area contributed by atoms with Gasteiger partial charge in [0, 0.05) is 27.5 Å². The molecule has 1 aliphatic heterocycles. The fourth-order valence-corrected chi connectivity index (χ4v) is 3.31. The Hall–Kier alpha value is -1.94. The first-order chi connectivity index (χ1) is 9.20. The number of rotatable bonds is 1. The summed E-state index contributed by atoms with van der Waals surface area (Å²) in [6.45, 7) is 0. The summed E-state index contributed by atoms with van der Waals surface area (Å²) < 4.78 is 5.21. The van der Waals surface area contributed by atoms with Gasteiger partial charge in [-0.1, -0.05) is 12.1 Å². The number of thioether (sulfide) groups is 1. The number of nitrogen functional groups attached to an aromatic ring is 1. The van der Waals surface area contributed by atoms with E-state index in [2.05, 4.69) is 0 Å². The number of methoxy groups -OCH3 is 1. The topological polar surface area (TPSA) is 52.3 Å². The minimum absolute atomic E-state index is 0.00393. The second-order valence-electron chi connectivity index (χ2n) is 4.36. The number of nitrogens with two attached hydrogens (primary N) is 1. The van der Waals surface area contributed by atoms with Gasteiger partial charge >= 0.3 is 0 Å². The number of ether oxygens (including phenoxy) is 1. The van der Waals surface area contributed by atoms with Crippen molar-refractivity contribution in [3.05, 3.63) is 53.1 Å². The molecule has 0 fully saturated rings. The third kappa shape index (κ3) is 1.98. The summed E-state index contributed by atoms with van der Waals surface area (Å²) in [7, 11) is 1.62. The molecule has 2 N–H and O–H groups in total. The summed E-state index contributed by atoms with van der Waals surface area (Å²) in [5.74, 6) is 1.50. The highest BCUT2D eigenvalue weighted by molar-refractivity contribution is 7.98. The molecule has 0 atom stereocenters. The summed E-state index contributed by atoms with van der Waals surface area (Å²) in [4.78, 5) is 13.6. The highest BCUT2D eigenvalue weighted by Crippen LogP contribution is 2.37. The van der Waals surface area contributed by atoms with E-state index in [0.29, 0.717) is 16.8 Å². The number of carbonyl (C=O) groups is 1. The van der Waals surface area contributed by atoms with Crippen LogP contribution in [0.3, 0.4) is 0 Å². The van der Waals surface area contributed by atoms with Gasteiger partial charge in [0.2, 0.25) is 0 Å². The normalized spacial score (nSPS) is 13.4. The number of fused-ring (bicyclic) bond motifs is 2. The van der Waals surface area contributed by atoms with Crippen LogP contribution in [0, 0.1) is 0 Å². The van der Waals surface area contributed by atoms with E-state index in [1.807, 2.05) is 24.3 Å². The fraction of sp³-hybridized carbons (Fsp3) is 0.133. The predicted molar refractivity (Wildman–Crippen MR) is 76.8 cm³/mol. The SMILES string of the molecule is COc1ccc2c(c1)SCc1cccc(N)c1C2=O. The summed E-state index contributed by atoms with van der Waals surface area (Å²) in [6, 6.07) is 11.1. The van der Waals surface area contributed by atoms with Crippen molar-refractivity contribution in [2.75, 3.05) is 12.8 Å². The number of anilines is 1. The van der Waals surface area contributed by atoms with Crippen molar-refractivity contribution in [1.29, 1.82) is 0 Å². The molecule has 2 aromatic rings. The van der Waals surface area contributed by atoms with Crippen molar-refractivity contribution in [3.63, 3.8) is 0 Å². The molecule has 96 valence electrons. The smallest absolute Gasteiger partial charge is 0.196 e. The number of ketones is 1. The van der Waals surface area contributed by atoms with Crippen LogP contribution < -0.4 is 10.5 Å². The maximum absolute atomic E-state index is 12.6. The lowest BCUT2D eigenvalue weighted by molar-refractivity contribution is 0.103. The van der Waals surface area contributed by atoms with Crippen LogP contribution in [-0.4, -0.2) is 12.9 Å². The molecule has 0 saturated carbocycles. The molecule has 0 spiro atoms. The zero-order chi connectivity index (χ0) is 13.4. The third-order valence-corrected chi connectivity index (χ3v) is 4.33. The van der Waals surface area contributed by atoms with E-state index in [1.54, 1.807) is 31.0 Å². The van der Waals surface area contributed by atoms with Gasteiger partial charge in [0.15, 0.2) is 5.78 Å². The summed E-state index contributed by atoms with van der Waals surface area (Å²) >= 11 is 1.64. The molecular formula is C15H13NO2S. The zero-order valence-electron chi connectivity index (χ0n) is 10.5. The maximum atomic E-state index is 12.6. The molecule has 0 aliphatic carbocycles. The highest BCUT2D eigenvalue weighted by atomic mass is 32.2. The van der Waals surface area contributed by atoms with E-state index in [1.165, 1.54) is 0 Å². The van der Waals surface area contributed by atoms with Crippen molar-refractivity contribution < 1.29 is 9.53 Å². The Morgan fingerprint density at radius 2 is 2.11 bits per heavy atom. The van der Waals surface area contributed by atoms with Crippen LogP contribution in [0.1, 0.15) is 21.5 Å². The summed E-state index contributed by atoms with van der Waals surface area (Å²) in [6.07, 6.45) is 0. The molecule has 0 aromatic heterocycles. The third-order valence-electron chi connectivity index (χ3n) is 3.23. The Kier molecular flexibility index (Phi) is 2.95. The second-order valence-corrected chi connectivity index (χ2v) is 5.38. The van der Waals surface area contributed by atoms with E-state index in [-0.39, 0.29) is 5.78 Å². The molecule has 1 heterocycles. The average molecular weight is 271 g/mol. The standard InChI is InChI=1S/C15H13NO2S/c1-18-10-5-6-11-13(7-10)19-8-9-3-2-4-12(16)14(9)15(11)17/h2-7H,8,16H2,1H3. The number of hydrogen-bond acceptors (Lipinski definition) is 4. The van der Waals surface area contributed by atoms with E-state index in [9.17, 15) is 4.79 Å². The Labute approximate surface area is 115 Å². The van der Waals surface area contributed by atoms with E-state index >= 15 is 0 Å². The van der Waals surface area contributed by atoms with Crippen molar-refractivity contribution >= 4 is 23.2 Å². The molecule has 1 aliphatic rings. The Bertz CT molecular complexity index is 667. The summed E-state index contributed by atoms with van der Waals surface area (Å²) in [5.41, 5.74) is 8.83. The predicted octanol–water partition coefficient (Wildman–Crippen LogP) is 3.11. The lowest BCUT2D eigenvalue weighted by Crippen LogP contribution is -2.07. The molecule has 0 bridgehead atoms. The van der Waals surface area contributed by atoms with Gasteiger partial charge in [-0.2, -0.15) is 0 Å². The first-order valence-electron chi connectivity index (χ1n) is 5.93. The molecule has 0 amide bonds. The molecule has 3 nitrogen and oxygen atoms in total. The monoisotopic (exact) mass is 271 g/mol. The van der Waals surface area contributed by atoms with Gasteiger partial charge in [0.05, 0.1) is 7.11 Å². The van der Waals surface area contributed by atoms with Crippen LogP contribution in [0.4, 0.5) is 5.69 Å². The van der Waals surface area contributed by atoms with E-state index in [4.69, 9.17) is 10.5 Å². The van der Waals surface area contributed by atoms with Crippen molar-refractivity contribution in [3.8, 4) is 5.75 Å². The largest absolute Gasteiger partial charge is 0.497 e. The Morgan fingerprint density at radius 1 is 1.26 bits per heavy atom. The van der Waals surface area contributed by atoms with E-state index in [0.717, 1.165) is 22.0 Å². The quantitative estimate of drug-likeness (QED) is 0.810. The number of carbonyl (C=O) groups excluding carboxylic acids is 1. The molecular weight excluding hydrogens is 258 g/mol. The van der Waals surface area contributed by atoms with Gasteiger partial charge in [-0.3, -0.25) is 4.79 Å². The first kappa shape index (κ1) is 12.1. The number of benzene rings is 2. The summed E-state index contributed by atoms with van der Waals surface area (Å²) in [5, 5.41) is 0. The lowest BCUT2D eigenvalue weighted by atomic mass is 9.97. The van der Waals surface area contributed by atoms with Crippen molar-refractivity contribution in [2.24, 2.45) is 0 Å². The van der Waals surface area contributed by atoms with Crippen LogP contribution in [-0.2, 0) is 5.75 Å². The van der Waals surface area contributed by atoms with Gasteiger partial charge in [-0.05, 0) is 29.8 Å². The van der Waals surface area contributed by atoms with Crippen LogP contribution in [0.15, 0.2) is 41.3 Å². The Morgan fingerprint density at radius 3 is 2.89 bits per heavy atom. The van der Waals surface area contributed by atoms with Gasteiger partial charge < -0.3 is 10.5 Å². The zero-order valence-corrected chi connectivity index (χ0v) is 11.3. The van der Waals surface area contributed by atoms with Crippen LogP contribution in [0.25, 0.3) is 0 Å². The van der Waals surface area contributed by atoms with Crippen molar-refractivity contribution in [2.45, 2.75) is 10.6 Å². The minimum atomic E-state index is -0.00393. The van der Waals surface area contributed by atoms with Gasteiger partial charge in [0.25, 0.3) is 0 Å². The second kappa shape index (κ2) is 4.63. The molecule has 0 unspecified atom stereocenters. The molecule has 3 rings (SSSR count). The maximum Gasteiger partial charge on any atom is 0.196 e. The van der Waals surface area contributed by atoms with Gasteiger partial charge in [-0.15, -0.1) is 11.8 Å². The molecule has 0 saturated heterocycles. The van der Waals surface area contributed by atoms with Crippen molar-refractivity contribution in [1.82, 2.24) is 0 Å². The van der Waals surface area contributed by atoms with Crippen LogP contribution >= 0.6 is 11.8 Å². The van der Waals surface area contributed by atoms with Gasteiger partial charge in [0.1, 0.15) is 5.75 Å². The Balaban J connectivity index is 2.18. The molecule has 19 heavy (non-hydrogen) atoms. The minimum Gasteiger partial charge on any atom is -0.497 e. The number of hydrogen-bond donors (Lipinski definition) is 1. The lowest BCUT2D eigenvalue weighted by Gasteiger charge is -2.08. The molecule has 0 radical (unpaired) electrons. The van der Waals surface area contributed by atoms with Crippen LogP contribution in [0.2, 0.25) is 0 Å². The van der Waals surface area contributed by atoms with E-state index < -0.39 is 0 Å². The molecule has 2 aromatic carbocycles. The average Bonchev–Trinajstić information content (AvgIpc) is 2.57. The molecule has 4 heteroatoms. The van der Waals surface area contributed by atoms with Gasteiger partial charge in [-0.25, -0.2) is 0 Å². The highest BCUT2D eigenvalue weighted by Gasteiger charge is 2.23. The van der Waals surface area contributed by atoms with Crippen LogP contribution in [0.5, 0.6) is 5.75 Å². The fourth-order valence-electron chi connectivity index (χ4n) is 2.24.